The molecule has 9 heteroatoms. The smallest absolute Gasteiger partial charge is 0.216 e. The minimum atomic E-state index is 0.432. The third kappa shape index (κ3) is 3.73. The lowest BCUT2D eigenvalue weighted by molar-refractivity contribution is 0.123. The second-order valence-corrected chi connectivity index (χ2v) is 7.61. The van der Waals surface area contributed by atoms with Gasteiger partial charge in [0.2, 0.25) is 4.77 Å². The van der Waals surface area contributed by atoms with Crippen molar-refractivity contribution in [3.63, 3.8) is 0 Å². The number of hydrogen-bond donors (Lipinski definition) is 1. The van der Waals surface area contributed by atoms with E-state index in [-0.39, 0.29) is 0 Å². The van der Waals surface area contributed by atoms with Crippen LogP contribution in [0.3, 0.4) is 0 Å². The van der Waals surface area contributed by atoms with E-state index in [0.29, 0.717) is 15.6 Å². The van der Waals surface area contributed by atoms with E-state index in [1.54, 1.807) is 22.2 Å². The van der Waals surface area contributed by atoms with Gasteiger partial charge in [-0.3, -0.25) is 0 Å². The number of benzene rings is 1. The van der Waals surface area contributed by atoms with Crippen molar-refractivity contribution in [2.24, 2.45) is 5.10 Å². The predicted octanol–water partition coefficient (Wildman–Crippen LogP) is 4.04. The summed E-state index contributed by atoms with van der Waals surface area (Å²) >= 11 is 13.1. The number of rotatable bonds is 4. The summed E-state index contributed by atoms with van der Waals surface area (Å²) in [5, 5.41) is 13.4. The molecule has 3 heterocycles. The third-order valence-electron chi connectivity index (χ3n) is 3.97. The zero-order chi connectivity index (χ0) is 17.9. The third-order valence-corrected chi connectivity index (χ3v) is 5.55. The van der Waals surface area contributed by atoms with Gasteiger partial charge >= 0.3 is 0 Å². The van der Waals surface area contributed by atoms with Gasteiger partial charge < -0.3 is 9.64 Å². The molecule has 1 fully saturated rings. The van der Waals surface area contributed by atoms with Gasteiger partial charge in [0.15, 0.2) is 5.82 Å². The Morgan fingerprint density at radius 2 is 2.12 bits per heavy atom. The Morgan fingerprint density at radius 3 is 2.92 bits per heavy atom. The van der Waals surface area contributed by atoms with E-state index < -0.39 is 0 Å². The number of nitrogens with one attached hydrogen (secondary N) is 1. The maximum absolute atomic E-state index is 6.08. The molecule has 26 heavy (non-hydrogen) atoms. The van der Waals surface area contributed by atoms with Crippen molar-refractivity contribution >= 4 is 46.4 Å². The molecule has 1 saturated heterocycles. The highest BCUT2D eigenvalue weighted by molar-refractivity contribution is 7.71. The summed E-state index contributed by atoms with van der Waals surface area (Å²) in [6.45, 7) is 3.38. The summed E-state index contributed by atoms with van der Waals surface area (Å²) in [6, 6.07) is 11.6. The molecule has 2 aromatic heterocycles. The molecule has 1 N–H and O–H groups in total. The monoisotopic (exact) mass is 405 g/mol. The van der Waals surface area contributed by atoms with Crippen molar-refractivity contribution in [2.75, 3.05) is 31.2 Å². The molecule has 0 spiro atoms. The summed E-state index contributed by atoms with van der Waals surface area (Å²) in [6.07, 6.45) is 1.80. The lowest BCUT2D eigenvalue weighted by Crippen LogP contribution is -2.35. The summed E-state index contributed by atoms with van der Waals surface area (Å²) < 4.78 is 7.44. The summed E-state index contributed by atoms with van der Waals surface area (Å²) in [7, 11) is 0. The molecule has 0 aliphatic carbocycles. The number of halogens is 1. The first-order valence-corrected chi connectivity index (χ1v) is 9.71. The van der Waals surface area contributed by atoms with Gasteiger partial charge in [0.25, 0.3) is 0 Å². The number of H-pyrrole nitrogens is 1. The van der Waals surface area contributed by atoms with Crippen molar-refractivity contribution in [3.05, 3.63) is 51.1 Å². The van der Waals surface area contributed by atoms with Gasteiger partial charge in [0.1, 0.15) is 0 Å². The van der Waals surface area contributed by atoms with Crippen molar-refractivity contribution < 1.29 is 4.74 Å². The van der Waals surface area contributed by atoms with E-state index in [1.807, 2.05) is 24.3 Å². The lowest BCUT2D eigenvalue weighted by Gasteiger charge is -2.27. The molecule has 6 nitrogen and oxygen atoms in total. The Labute approximate surface area is 164 Å². The Kier molecular flexibility index (Phi) is 5.16. The van der Waals surface area contributed by atoms with Crippen molar-refractivity contribution in [2.45, 2.75) is 0 Å². The first-order valence-electron chi connectivity index (χ1n) is 8.11. The van der Waals surface area contributed by atoms with Crippen LogP contribution in [0, 0.1) is 4.77 Å². The fourth-order valence-corrected chi connectivity index (χ4v) is 3.99. The molecule has 0 bridgehead atoms. The van der Waals surface area contributed by atoms with E-state index in [9.17, 15) is 0 Å². The summed E-state index contributed by atoms with van der Waals surface area (Å²) in [4.78, 5) is 3.37. The molecule has 0 atom stereocenters. The largest absolute Gasteiger partial charge is 0.378 e. The van der Waals surface area contributed by atoms with Gasteiger partial charge in [0, 0.05) is 28.6 Å². The zero-order valence-corrected chi connectivity index (χ0v) is 16.2. The van der Waals surface area contributed by atoms with Crippen LogP contribution in [0.4, 0.5) is 5.00 Å². The first-order chi connectivity index (χ1) is 12.7. The lowest BCUT2D eigenvalue weighted by atomic mass is 10.2. The summed E-state index contributed by atoms with van der Waals surface area (Å²) in [5.74, 6) is 0.624. The van der Waals surface area contributed by atoms with Crippen LogP contribution < -0.4 is 4.90 Å². The van der Waals surface area contributed by atoms with Crippen molar-refractivity contribution in [3.8, 4) is 11.4 Å². The van der Waals surface area contributed by atoms with Gasteiger partial charge in [-0.05, 0) is 36.5 Å². The average Bonchev–Trinajstić information content (AvgIpc) is 3.27. The maximum atomic E-state index is 6.08. The second-order valence-electron chi connectivity index (χ2n) is 5.69. The van der Waals surface area contributed by atoms with Crippen molar-refractivity contribution in [1.29, 1.82) is 0 Å². The van der Waals surface area contributed by atoms with Gasteiger partial charge in [0.05, 0.1) is 24.4 Å². The zero-order valence-electron chi connectivity index (χ0n) is 13.8. The highest BCUT2D eigenvalue weighted by atomic mass is 35.5. The molecule has 0 amide bonds. The van der Waals surface area contributed by atoms with Gasteiger partial charge in [-0.2, -0.15) is 14.9 Å². The molecule has 3 aromatic rings. The number of nitrogens with zero attached hydrogens (tertiary/aromatic N) is 4. The molecule has 4 rings (SSSR count). The maximum Gasteiger partial charge on any atom is 0.216 e. The van der Waals surface area contributed by atoms with E-state index >= 15 is 0 Å². The van der Waals surface area contributed by atoms with Crippen LogP contribution in [-0.2, 0) is 4.74 Å². The number of anilines is 1. The first kappa shape index (κ1) is 17.4. The molecular formula is C17H16ClN5OS2. The van der Waals surface area contributed by atoms with Gasteiger partial charge in [-0.25, -0.2) is 5.10 Å². The van der Waals surface area contributed by atoms with E-state index in [2.05, 4.69) is 32.3 Å². The minimum Gasteiger partial charge on any atom is -0.378 e. The Bertz CT molecular complexity index is 987. The van der Waals surface area contributed by atoms with E-state index in [4.69, 9.17) is 28.6 Å². The minimum absolute atomic E-state index is 0.432. The average molecular weight is 406 g/mol. The number of aromatic amines is 1. The quantitative estimate of drug-likeness (QED) is 0.525. The second kappa shape index (κ2) is 7.71. The van der Waals surface area contributed by atoms with Gasteiger partial charge in [-0.1, -0.05) is 23.7 Å². The molecule has 0 radical (unpaired) electrons. The predicted molar refractivity (Wildman–Crippen MR) is 108 cm³/mol. The molecule has 134 valence electrons. The molecule has 0 unspecified atom stereocenters. The highest BCUT2D eigenvalue weighted by Crippen LogP contribution is 2.26. The number of thiophene rings is 1. The highest BCUT2D eigenvalue weighted by Gasteiger charge is 2.13. The Morgan fingerprint density at radius 1 is 1.27 bits per heavy atom. The topological polar surface area (TPSA) is 58.4 Å². The van der Waals surface area contributed by atoms with Crippen LogP contribution in [0.5, 0.6) is 0 Å². The van der Waals surface area contributed by atoms with Crippen molar-refractivity contribution in [1.82, 2.24) is 14.9 Å². The fourth-order valence-electron chi connectivity index (χ4n) is 2.69. The molecule has 0 saturated carbocycles. The number of ether oxygens (including phenoxy) is 1. The van der Waals surface area contributed by atoms with Gasteiger partial charge in [-0.15, -0.1) is 11.3 Å². The standard InChI is InChI=1S/C17H16ClN5OS2/c18-13-3-1-2-12(10-13)16-20-21-17(25)23(16)19-11-14-4-5-15(26-14)22-6-8-24-9-7-22/h1-5,10-11H,6-9H2,(H,21,25)/b19-11-. The van der Waals surface area contributed by atoms with Crippen LogP contribution in [-0.4, -0.2) is 47.4 Å². The normalized spacial score (nSPS) is 15.0. The summed E-state index contributed by atoms with van der Waals surface area (Å²) in [5.41, 5.74) is 0.849. The fraction of sp³-hybridized carbons (Fsp3) is 0.235. The van der Waals surface area contributed by atoms with Crippen LogP contribution >= 0.6 is 35.2 Å². The molecule has 1 aromatic carbocycles. The SMILES string of the molecule is S=c1[nH]nc(-c2cccc(Cl)c2)n1/N=C\c1ccc(N2CCOCC2)s1. The Hall–Kier alpha value is -2.00. The van der Waals surface area contributed by atoms with Crippen LogP contribution in [0.2, 0.25) is 5.02 Å². The van der Waals surface area contributed by atoms with Crippen LogP contribution in [0.15, 0.2) is 41.5 Å². The molecule has 1 aliphatic rings. The number of aromatic nitrogens is 3. The van der Waals surface area contributed by atoms with Crippen LogP contribution in [0.1, 0.15) is 4.88 Å². The number of hydrogen-bond acceptors (Lipinski definition) is 6. The number of morpholine rings is 1. The van der Waals surface area contributed by atoms with E-state index in [1.165, 1.54) is 5.00 Å². The van der Waals surface area contributed by atoms with E-state index in [0.717, 1.165) is 36.7 Å². The van der Waals surface area contributed by atoms with Crippen LogP contribution in [0.25, 0.3) is 11.4 Å². The Balaban J connectivity index is 1.59. The molecular weight excluding hydrogens is 390 g/mol. The molecule has 1 aliphatic heterocycles.